The number of nitrogens with zero attached hydrogens (tertiary/aromatic N) is 1. The van der Waals surface area contributed by atoms with Crippen molar-refractivity contribution in [2.75, 3.05) is 13.7 Å². The summed E-state index contributed by atoms with van der Waals surface area (Å²) >= 11 is 0. The summed E-state index contributed by atoms with van der Waals surface area (Å²) in [5.41, 5.74) is -0.0106. The quantitative estimate of drug-likeness (QED) is 0.849. The Morgan fingerprint density at radius 3 is 2.60 bits per heavy atom. The van der Waals surface area contributed by atoms with Crippen LogP contribution in [0, 0.1) is 28.9 Å². The van der Waals surface area contributed by atoms with Crippen LogP contribution in [0.25, 0.3) is 10.9 Å². The van der Waals surface area contributed by atoms with Crippen LogP contribution in [0.3, 0.4) is 0 Å². The number of aromatic amines is 1. The molecule has 1 amide bonds. The number of hydrogen-bond acceptors (Lipinski definition) is 3. The van der Waals surface area contributed by atoms with E-state index in [0.717, 1.165) is 12.1 Å². The standard InChI is InChI=1S/C18H18F2N2O3/c1-18(2)9-7-22(15(13(9)18)17(24)25-3)16(23)12-6-8-10(19)4-5-11(20)14(8)21-12/h4-6,9,13,15,21H,7H2,1-3H3/t9-,13-,15?/m0/s1. The number of fused-ring (bicyclic) bond motifs is 2. The van der Waals surface area contributed by atoms with Gasteiger partial charge >= 0.3 is 5.97 Å². The monoisotopic (exact) mass is 348 g/mol. The number of aromatic nitrogens is 1. The molecule has 4 rings (SSSR count). The second-order valence-corrected chi connectivity index (χ2v) is 7.38. The summed E-state index contributed by atoms with van der Waals surface area (Å²) in [6.07, 6.45) is 0. The summed E-state index contributed by atoms with van der Waals surface area (Å²) in [5.74, 6) is -1.89. The van der Waals surface area contributed by atoms with Gasteiger partial charge < -0.3 is 14.6 Å². The molecule has 1 saturated heterocycles. The third kappa shape index (κ3) is 2.11. The van der Waals surface area contributed by atoms with E-state index in [4.69, 9.17) is 4.74 Å². The lowest BCUT2D eigenvalue weighted by molar-refractivity contribution is -0.146. The lowest BCUT2D eigenvalue weighted by Crippen LogP contribution is -2.46. The number of benzene rings is 1. The second kappa shape index (κ2) is 5.03. The Balaban J connectivity index is 1.70. The van der Waals surface area contributed by atoms with Gasteiger partial charge in [0.1, 0.15) is 23.4 Å². The number of carbonyl (C=O) groups excluding carboxylic acids is 2. The Morgan fingerprint density at radius 1 is 1.28 bits per heavy atom. The zero-order chi connectivity index (χ0) is 18.1. The molecule has 25 heavy (non-hydrogen) atoms. The van der Waals surface area contributed by atoms with Gasteiger partial charge in [0, 0.05) is 17.8 Å². The number of hydrogen-bond donors (Lipinski definition) is 1. The first kappa shape index (κ1) is 16.1. The van der Waals surface area contributed by atoms with E-state index in [1.54, 1.807) is 0 Å². The number of likely N-dealkylation sites (tertiary alicyclic amines) is 1. The van der Waals surface area contributed by atoms with Gasteiger partial charge in [0.25, 0.3) is 5.91 Å². The zero-order valence-electron chi connectivity index (χ0n) is 14.1. The van der Waals surface area contributed by atoms with Crippen molar-refractivity contribution in [3.63, 3.8) is 0 Å². The largest absolute Gasteiger partial charge is 0.467 e. The smallest absolute Gasteiger partial charge is 0.328 e. The number of esters is 1. The minimum Gasteiger partial charge on any atom is -0.467 e. The molecule has 0 bridgehead atoms. The van der Waals surface area contributed by atoms with Crippen molar-refractivity contribution >= 4 is 22.8 Å². The SMILES string of the molecule is COC(=O)C1[C@@H]2[C@H](CN1C(=O)c1cc3c(F)ccc(F)c3[nH]1)C2(C)C. The Kier molecular flexibility index (Phi) is 3.23. The van der Waals surface area contributed by atoms with Gasteiger partial charge in [-0.25, -0.2) is 13.6 Å². The van der Waals surface area contributed by atoms with Crippen LogP contribution in [-0.2, 0) is 9.53 Å². The molecule has 0 spiro atoms. The van der Waals surface area contributed by atoms with Gasteiger partial charge in [-0.3, -0.25) is 4.79 Å². The molecule has 1 aliphatic heterocycles. The van der Waals surface area contributed by atoms with E-state index in [9.17, 15) is 18.4 Å². The first-order chi connectivity index (χ1) is 11.8. The summed E-state index contributed by atoms with van der Waals surface area (Å²) in [6, 6.07) is 2.65. The number of rotatable bonds is 2. The topological polar surface area (TPSA) is 62.4 Å². The molecule has 3 atom stereocenters. The highest BCUT2D eigenvalue weighted by atomic mass is 19.1. The summed E-state index contributed by atoms with van der Waals surface area (Å²) in [5, 5.41) is 0.0163. The molecule has 7 heteroatoms. The average Bonchev–Trinajstić information content (AvgIpc) is 3.00. The van der Waals surface area contributed by atoms with E-state index in [1.807, 2.05) is 0 Å². The van der Waals surface area contributed by atoms with E-state index >= 15 is 0 Å². The predicted molar refractivity (Wildman–Crippen MR) is 85.8 cm³/mol. The van der Waals surface area contributed by atoms with Gasteiger partial charge in [0.15, 0.2) is 0 Å². The predicted octanol–water partition coefficient (Wildman–Crippen LogP) is 2.72. The van der Waals surface area contributed by atoms with Gasteiger partial charge in [-0.15, -0.1) is 0 Å². The number of halogens is 2. The number of methoxy groups -OCH3 is 1. The van der Waals surface area contributed by atoms with Gasteiger partial charge in [-0.2, -0.15) is 0 Å². The van der Waals surface area contributed by atoms with Crippen molar-refractivity contribution < 1.29 is 23.1 Å². The Labute approximate surface area is 142 Å². The van der Waals surface area contributed by atoms with Crippen LogP contribution in [0.5, 0.6) is 0 Å². The van der Waals surface area contributed by atoms with Gasteiger partial charge in [0.2, 0.25) is 0 Å². The number of carbonyl (C=O) groups is 2. The van der Waals surface area contributed by atoms with E-state index < -0.39 is 29.6 Å². The summed E-state index contributed by atoms with van der Waals surface area (Å²) in [4.78, 5) is 29.2. The fourth-order valence-electron chi connectivity index (χ4n) is 4.31. The van der Waals surface area contributed by atoms with Crippen LogP contribution in [0.2, 0.25) is 0 Å². The Bertz CT molecular complexity index is 866. The van der Waals surface area contributed by atoms with Crippen molar-refractivity contribution in [2.24, 2.45) is 17.3 Å². The van der Waals surface area contributed by atoms with Gasteiger partial charge in [-0.1, -0.05) is 13.8 Å². The fraction of sp³-hybridized carbons (Fsp3) is 0.444. The maximum atomic E-state index is 13.9. The second-order valence-electron chi connectivity index (χ2n) is 7.38. The Hall–Kier alpha value is -2.44. The molecule has 2 aromatic rings. The minimum absolute atomic E-state index is 0.0163. The third-order valence-electron chi connectivity index (χ3n) is 5.83. The summed E-state index contributed by atoms with van der Waals surface area (Å²) < 4.78 is 32.6. The van der Waals surface area contributed by atoms with Crippen LogP contribution in [-0.4, -0.2) is 41.5 Å². The molecule has 2 aliphatic rings. The highest BCUT2D eigenvalue weighted by Crippen LogP contribution is 2.65. The van der Waals surface area contributed by atoms with Crippen molar-refractivity contribution in [1.29, 1.82) is 0 Å². The molecule has 1 saturated carbocycles. The number of amides is 1. The molecular weight excluding hydrogens is 330 g/mol. The number of piperidine rings is 1. The minimum atomic E-state index is -0.668. The molecule has 1 aromatic heterocycles. The molecular formula is C18H18F2N2O3. The Morgan fingerprint density at radius 2 is 1.96 bits per heavy atom. The molecule has 1 aromatic carbocycles. The number of H-pyrrole nitrogens is 1. The van der Waals surface area contributed by atoms with E-state index in [1.165, 1.54) is 18.1 Å². The maximum Gasteiger partial charge on any atom is 0.328 e. The van der Waals surface area contributed by atoms with E-state index in [-0.39, 0.29) is 33.8 Å². The third-order valence-corrected chi connectivity index (χ3v) is 5.83. The van der Waals surface area contributed by atoms with E-state index in [2.05, 4.69) is 18.8 Å². The highest BCUT2D eigenvalue weighted by molar-refractivity contribution is 6.00. The molecule has 2 heterocycles. The van der Waals surface area contributed by atoms with Crippen molar-refractivity contribution in [3.8, 4) is 0 Å². The maximum absolute atomic E-state index is 13.9. The molecule has 132 valence electrons. The van der Waals surface area contributed by atoms with Crippen LogP contribution < -0.4 is 0 Å². The molecule has 5 nitrogen and oxygen atoms in total. The van der Waals surface area contributed by atoms with Crippen LogP contribution >= 0.6 is 0 Å². The average molecular weight is 348 g/mol. The van der Waals surface area contributed by atoms with Crippen molar-refractivity contribution in [3.05, 3.63) is 35.5 Å². The van der Waals surface area contributed by atoms with Gasteiger partial charge in [-0.05, 0) is 29.5 Å². The normalized spacial score (nSPS) is 26.6. The van der Waals surface area contributed by atoms with Crippen LogP contribution in [0.15, 0.2) is 18.2 Å². The fourth-order valence-corrected chi connectivity index (χ4v) is 4.31. The highest BCUT2D eigenvalue weighted by Gasteiger charge is 2.69. The van der Waals surface area contributed by atoms with Crippen molar-refractivity contribution in [2.45, 2.75) is 19.9 Å². The molecule has 1 aliphatic carbocycles. The summed E-state index contributed by atoms with van der Waals surface area (Å²) in [7, 11) is 1.29. The van der Waals surface area contributed by atoms with Crippen molar-refractivity contribution in [1.82, 2.24) is 9.88 Å². The lowest BCUT2D eigenvalue weighted by atomic mass is 10.0. The van der Waals surface area contributed by atoms with E-state index in [0.29, 0.717) is 6.54 Å². The molecule has 1 unspecified atom stereocenters. The molecule has 0 radical (unpaired) electrons. The number of ether oxygens (including phenoxy) is 1. The zero-order valence-corrected chi connectivity index (χ0v) is 14.1. The van der Waals surface area contributed by atoms with Crippen LogP contribution in [0.1, 0.15) is 24.3 Å². The lowest BCUT2D eigenvalue weighted by Gasteiger charge is -2.28. The first-order valence-corrected chi connectivity index (χ1v) is 8.13. The number of nitrogens with one attached hydrogen (secondary N) is 1. The van der Waals surface area contributed by atoms with Crippen LogP contribution in [0.4, 0.5) is 8.78 Å². The summed E-state index contributed by atoms with van der Waals surface area (Å²) in [6.45, 7) is 4.55. The molecule has 2 fully saturated rings. The molecule has 1 N–H and O–H groups in total. The van der Waals surface area contributed by atoms with Gasteiger partial charge in [0.05, 0.1) is 12.6 Å². The first-order valence-electron chi connectivity index (χ1n) is 8.13.